The summed E-state index contributed by atoms with van der Waals surface area (Å²) in [5.41, 5.74) is 1.52. The lowest BCUT2D eigenvalue weighted by molar-refractivity contribution is 0.102. The zero-order valence-corrected chi connectivity index (χ0v) is 17.9. The molecular weight excluding hydrogens is 464 g/mol. The molecule has 0 bridgehead atoms. The number of methoxy groups -OCH3 is 1. The number of anilines is 2. The van der Waals surface area contributed by atoms with Gasteiger partial charge in [-0.3, -0.25) is 4.79 Å². The first-order valence-electron chi connectivity index (χ1n) is 8.16. The van der Waals surface area contributed by atoms with Crippen LogP contribution in [0.5, 0.6) is 5.75 Å². The molecule has 0 aromatic heterocycles. The average molecular weight is 480 g/mol. The summed E-state index contributed by atoms with van der Waals surface area (Å²) in [5.74, 6) is 0.0899. The third kappa shape index (κ3) is 4.92. The highest BCUT2D eigenvalue weighted by Gasteiger charge is 2.15. The van der Waals surface area contributed by atoms with E-state index in [1.807, 2.05) is 12.1 Å². The Hall–Kier alpha value is -2.35. The third-order valence-electron chi connectivity index (χ3n) is 3.79. The normalized spacial score (nSPS) is 11.5. The van der Waals surface area contributed by atoms with Gasteiger partial charge in [-0.15, -0.1) is 0 Å². The highest BCUT2D eigenvalue weighted by Crippen LogP contribution is 2.28. The number of carbonyl (C=O) groups is 1. The molecule has 1 atom stereocenters. The van der Waals surface area contributed by atoms with E-state index in [9.17, 15) is 9.00 Å². The molecule has 3 aromatic rings. The van der Waals surface area contributed by atoms with E-state index < -0.39 is 11.0 Å². The fraction of sp³-hybridized carbons (Fsp3) is 0.0500. The quantitative estimate of drug-likeness (QED) is 0.491. The van der Waals surface area contributed by atoms with Crippen LogP contribution < -0.4 is 14.8 Å². The van der Waals surface area contributed by atoms with Crippen molar-refractivity contribution in [2.75, 3.05) is 17.1 Å². The van der Waals surface area contributed by atoms with Crippen LogP contribution in [0.4, 0.5) is 11.4 Å². The minimum Gasteiger partial charge on any atom is -0.495 e. The van der Waals surface area contributed by atoms with Crippen LogP contribution in [0.3, 0.4) is 0 Å². The monoisotopic (exact) mass is 478 g/mol. The Kier molecular flexibility index (Phi) is 6.72. The molecule has 8 heteroatoms. The number of rotatable bonds is 6. The number of hydrogen-bond donors (Lipinski definition) is 2. The van der Waals surface area contributed by atoms with E-state index in [0.29, 0.717) is 32.6 Å². The molecule has 0 heterocycles. The summed E-state index contributed by atoms with van der Waals surface area (Å²) in [5, 5.41) is 3.13. The molecule has 28 heavy (non-hydrogen) atoms. The van der Waals surface area contributed by atoms with Crippen molar-refractivity contribution in [2.24, 2.45) is 0 Å². The summed E-state index contributed by atoms with van der Waals surface area (Å²) in [7, 11) is -0.0964. The first-order valence-corrected chi connectivity index (χ1v) is 10.5. The largest absolute Gasteiger partial charge is 0.495 e. The summed E-state index contributed by atoms with van der Waals surface area (Å²) < 4.78 is 22.0. The summed E-state index contributed by atoms with van der Waals surface area (Å²) in [6.07, 6.45) is 0. The fourth-order valence-corrected chi connectivity index (χ4v) is 3.94. The van der Waals surface area contributed by atoms with Crippen LogP contribution in [-0.2, 0) is 11.0 Å². The Labute approximate surface area is 178 Å². The number of hydrogen-bond acceptors (Lipinski definition) is 3. The Morgan fingerprint density at radius 1 is 1.04 bits per heavy atom. The van der Waals surface area contributed by atoms with E-state index in [-0.39, 0.29) is 5.91 Å². The van der Waals surface area contributed by atoms with Crippen LogP contribution in [0.15, 0.2) is 76.1 Å². The van der Waals surface area contributed by atoms with Crippen molar-refractivity contribution in [1.82, 2.24) is 0 Å². The summed E-state index contributed by atoms with van der Waals surface area (Å²) in [6, 6.07) is 19.0. The van der Waals surface area contributed by atoms with Gasteiger partial charge in [-0.05, 0) is 54.6 Å². The van der Waals surface area contributed by atoms with Crippen molar-refractivity contribution in [3.63, 3.8) is 0 Å². The van der Waals surface area contributed by atoms with Crippen molar-refractivity contribution in [3.8, 4) is 5.75 Å². The Morgan fingerprint density at radius 3 is 2.39 bits per heavy atom. The third-order valence-corrected chi connectivity index (χ3v) is 5.79. The van der Waals surface area contributed by atoms with Crippen LogP contribution in [-0.4, -0.2) is 17.2 Å². The molecule has 2 N–H and O–H groups in total. The van der Waals surface area contributed by atoms with Crippen molar-refractivity contribution in [2.45, 2.75) is 4.90 Å². The molecule has 1 amide bonds. The Bertz CT molecular complexity index is 1030. The fourth-order valence-electron chi connectivity index (χ4n) is 2.42. The first-order chi connectivity index (χ1) is 13.5. The van der Waals surface area contributed by atoms with Gasteiger partial charge in [-0.25, -0.2) is 4.21 Å². The van der Waals surface area contributed by atoms with Gasteiger partial charge in [0.2, 0.25) is 0 Å². The number of nitrogens with one attached hydrogen (secondary N) is 2. The molecule has 0 aliphatic rings. The van der Waals surface area contributed by atoms with Gasteiger partial charge in [0.1, 0.15) is 10.6 Å². The van der Waals surface area contributed by atoms with Gasteiger partial charge >= 0.3 is 0 Å². The summed E-state index contributed by atoms with van der Waals surface area (Å²) in [6.45, 7) is 0. The standard InChI is InChI=1S/C20H16BrClN2O3S/c1-27-18-11-10-15(23-20(25)16-4-2-3-5-17(16)22)12-19(18)28(26)24-14-8-6-13(21)7-9-14/h2-12,24H,1H3,(H,23,25). The van der Waals surface area contributed by atoms with Crippen LogP contribution in [0.1, 0.15) is 10.4 Å². The maximum absolute atomic E-state index is 12.8. The molecule has 0 radical (unpaired) electrons. The average Bonchev–Trinajstić information content (AvgIpc) is 2.70. The highest BCUT2D eigenvalue weighted by molar-refractivity contribution is 9.10. The number of carbonyl (C=O) groups excluding carboxylic acids is 1. The molecule has 0 spiro atoms. The SMILES string of the molecule is COc1ccc(NC(=O)c2ccccc2Cl)cc1S(=O)Nc1ccc(Br)cc1. The van der Waals surface area contributed by atoms with Crippen LogP contribution >= 0.6 is 27.5 Å². The highest BCUT2D eigenvalue weighted by atomic mass is 79.9. The summed E-state index contributed by atoms with van der Waals surface area (Å²) in [4.78, 5) is 12.9. The van der Waals surface area contributed by atoms with Crippen LogP contribution in [0.2, 0.25) is 5.02 Å². The second kappa shape index (κ2) is 9.23. The minimum atomic E-state index is -1.59. The molecule has 0 saturated carbocycles. The summed E-state index contributed by atoms with van der Waals surface area (Å²) >= 11 is 9.44. The predicted octanol–water partition coefficient (Wildman–Crippen LogP) is 5.50. The van der Waals surface area contributed by atoms with E-state index in [1.165, 1.54) is 7.11 Å². The van der Waals surface area contributed by atoms with Crippen molar-refractivity contribution in [1.29, 1.82) is 0 Å². The lowest BCUT2D eigenvalue weighted by Gasteiger charge is -2.13. The van der Waals surface area contributed by atoms with Gasteiger partial charge in [0.05, 0.1) is 17.7 Å². The van der Waals surface area contributed by atoms with E-state index in [2.05, 4.69) is 26.0 Å². The maximum Gasteiger partial charge on any atom is 0.257 e. The topological polar surface area (TPSA) is 67.4 Å². The number of halogens is 2. The van der Waals surface area contributed by atoms with Gasteiger partial charge in [0.25, 0.3) is 5.91 Å². The number of ether oxygens (including phenoxy) is 1. The molecule has 1 unspecified atom stereocenters. The second-order valence-electron chi connectivity index (χ2n) is 5.68. The molecule has 0 aliphatic carbocycles. The van der Waals surface area contributed by atoms with Crippen LogP contribution in [0, 0.1) is 0 Å². The number of amides is 1. The van der Waals surface area contributed by atoms with E-state index >= 15 is 0 Å². The molecular formula is C20H16BrClN2O3S. The van der Waals surface area contributed by atoms with E-state index in [4.69, 9.17) is 16.3 Å². The molecule has 3 rings (SSSR count). The molecule has 0 saturated heterocycles. The van der Waals surface area contributed by atoms with Crippen molar-refractivity contribution in [3.05, 3.63) is 81.8 Å². The molecule has 5 nitrogen and oxygen atoms in total. The zero-order chi connectivity index (χ0) is 20.1. The second-order valence-corrected chi connectivity index (χ2v) is 8.18. The van der Waals surface area contributed by atoms with Crippen molar-refractivity contribution >= 4 is 55.8 Å². The van der Waals surface area contributed by atoms with Crippen molar-refractivity contribution < 1.29 is 13.7 Å². The Morgan fingerprint density at radius 2 is 1.71 bits per heavy atom. The van der Waals surface area contributed by atoms with E-state index in [1.54, 1.807) is 54.6 Å². The van der Waals surface area contributed by atoms with Crippen LogP contribution in [0.25, 0.3) is 0 Å². The maximum atomic E-state index is 12.8. The molecule has 0 fully saturated rings. The van der Waals surface area contributed by atoms with Gasteiger partial charge in [0, 0.05) is 15.8 Å². The molecule has 0 aliphatic heterocycles. The molecule has 144 valence electrons. The molecule has 3 aromatic carbocycles. The van der Waals surface area contributed by atoms with Gasteiger partial charge in [-0.1, -0.05) is 39.7 Å². The van der Waals surface area contributed by atoms with E-state index in [0.717, 1.165) is 4.47 Å². The Balaban J connectivity index is 1.83. The smallest absolute Gasteiger partial charge is 0.257 e. The number of benzene rings is 3. The van der Waals surface area contributed by atoms with Gasteiger partial charge in [-0.2, -0.15) is 0 Å². The zero-order valence-electron chi connectivity index (χ0n) is 14.7. The minimum absolute atomic E-state index is 0.353. The predicted molar refractivity (Wildman–Crippen MR) is 117 cm³/mol. The lowest BCUT2D eigenvalue weighted by Crippen LogP contribution is -2.13. The van der Waals surface area contributed by atoms with Gasteiger partial charge in [0.15, 0.2) is 11.0 Å². The lowest BCUT2D eigenvalue weighted by atomic mass is 10.2. The van der Waals surface area contributed by atoms with Gasteiger partial charge < -0.3 is 14.8 Å². The first kappa shape index (κ1) is 20.4.